The van der Waals surface area contributed by atoms with E-state index in [1.807, 2.05) is 25.1 Å². The van der Waals surface area contributed by atoms with Crippen LogP contribution < -0.4 is 10.1 Å². The van der Waals surface area contributed by atoms with Crippen molar-refractivity contribution in [1.82, 2.24) is 29.5 Å². The molecule has 37 heavy (non-hydrogen) atoms. The van der Waals surface area contributed by atoms with Crippen LogP contribution in [-0.2, 0) is 9.84 Å². The molecule has 1 aliphatic rings. The molecule has 5 rings (SSSR count). The molecule has 1 N–H and O–H groups in total. The van der Waals surface area contributed by atoms with Gasteiger partial charge < -0.3 is 10.1 Å². The van der Waals surface area contributed by atoms with Crippen LogP contribution in [0.1, 0.15) is 68.8 Å². The Balaban J connectivity index is 1.56. The molecule has 0 spiro atoms. The average molecular weight is 523 g/mol. The first-order chi connectivity index (χ1) is 17.5. The Kier molecular flexibility index (Phi) is 6.06. The Morgan fingerprint density at radius 1 is 1.19 bits per heavy atom. The highest BCUT2D eigenvalue weighted by Gasteiger charge is 2.35. The molecule has 0 radical (unpaired) electrons. The van der Waals surface area contributed by atoms with Crippen molar-refractivity contribution in [3.63, 3.8) is 0 Å². The minimum atomic E-state index is -3.72. The van der Waals surface area contributed by atoms with Gasteiger partial charge in [-0.25, -0.2) is 13.4 Å². The summed E-state index contributed by atoms with van der Waals surface area (Å²) in [6.45, 7) is 6.83. The predicted octanol–water partition coefficient (Wildman–Crippen LogP) is 4.00. The van der Waals surface area contributed by atoms with Gasteiger partial charge in [0.15, 0.2) is 9.84 Å². The van der Waals surface area contributed by atoms with Crippen molar-refractivity contribution in [2.24, 2.45) is 0 Å². The van der Waals surface area contributed by atoms with Gasteiger partial charge >= 0.3 is 0 Å². The smallest absolute Gasteiger partial charge is 0.270 e. The Labute approximate surface area is 215 Å². The lowest BCUT2D eigenvalue weighted by atomic mass is 10.2. The number of imidazole rings is 1. The van der Waals surface area contributed by atoms with Gasteiger partial charge in [-0.3, -0.25) is 18.9 Å². The molecule has 4 heterocycles. The summed E-state index contributed by atoms with van der Waals surface area (Å²) >= 11 is 0. The summed E-state index contributed by atoms with van der Waals surface area (Å²) in [6.07, 6.45) is 6.72. The Bertz CT molecular complexity index is 1580. The Hall–Kier alpha value is -3.73. The molecule has 1 fully saturated rings. The molecule has 0 saturated heterocycles. The van der Waals surface area contributed by atoms with Crippen molar-refractivity contribution in [3.05, 3.63) is 60.3 Å². The summed E-state index contributed by atoms with van der Waals surface area (Å²) in [6, 6.07) is 8.77. The van der Waals surface area contributed by atoms with Crippen molar-refractivity contribution in [2.75, 3.05) is 7.11 Å². The second kappa shape index (κ2) is 8.98. The van der Waals surface area contributed by atoms with E-state index in [1.54, 1.807) is 54.4 Å². The SMILES string of the molecule is COc1cc2ncc(-c3cc(C(=O)N[C@H](C)c4ccccn4)n(C4CC4)n3)n2cc1S(=O)(=O)C(C)(C)C. The standard InChI is InChI=1S/C26H30N6O4S/c1-16(18-8-6-7-11-27-18)29-25(33)20-12-19(30-32(20)17-9-10-17)21-14-28-24-13-22(36-5)23(15-31(21)24)37(34,35)26(2,3)4/h6-8,11-17H,9-10H2,1-5H3,(H,29,33)/t16-/m1/s1. The second-order valence-electron chi connectivity index (χ2n) is 10.2. The van der Waals surface area contributed by atoms with Gasteiger partial charge in [0.05, 0.1) is 41.5 Å². The number of rotatable bonds is 7. The molecule has 11 heteroatoms. The quantitative estimate of drug-likeness (QED) is 0.389. The number of methoxy groups -OCH3 is 1. The van der Waals surface area contributed by atoms with Gasteiger partial charge in [-0.2, -0.15) is 5.10 Å². The summed E-state index contributed by atoms with van der Waals surface area (Å²) in [7, 11) is -2.28. The number of fused-ring (bicyclic) bond motifs is 1. The molecular formula is C26H30N6O4S. The molecule has 1 aliphatic carbocycles. The van der Waals surface area contributed by atoms with Crippen molar-refractivity contribution in [2.45, 2.75) is 62.3 Å². The van der Waals surface area contributed by atoms with Gasteiger partial charge in [0.2, 0.25) is 0 Å². The maximum Gasteiger partial charge on any atom is 0.270 e. The molecule has 194 valence electrons. The van der Waals surface area contributed by atoms with Crippen LogP contribution in [0.15, 0.2) is 53.8 Å². The number of ether oxygens (including phenoxy) is 1. The highest BCUT2D eigenvalue weighted by molar-refractivity contribution is 7.92. The van der Waals surface area contributed by atoms with E-state index in [4.69, 9.17) is 9.84 Å². The Morgan fingerprint density at radius 3 is 2.57 bits per heavy atom. The van der Waals surface area contributed by atoms with Crippen molar-refractivity contribution in [1.29, 1.82) is 0 Å². The number of carbonyl (C=O) groups is 1. The zero-order valence-corrected chi connectivity index (χ0v) is 22.3. The number of hydrogen-bond acceptors (Lipinski definition) is 7. The van der Waals surface area contributed by atoms with E-state index < -0.39 is 14.6 Å². The van der Waals surface area contributed by atoms with Gasteiger partial charge in [-0.05, 0) is 58.7 Å². The molecule has 1 atom stereocenters. The van der Waals surface area contributed by atoms with E-state index in [0.717, 1.165) is 18.5 Å². The maximum atomic E-state index is 13.3. The van der Waals surface area contributed by atoms with Gasteiger partial charge in [-0.15, -0.1) is 0 Å². The second-order valence-corrected chi connectivity index (χ2v) is 12.9. The number of carbonyl (C=O) groups excluding carboxylic acids is 1. The largest absolute Gasteiger partial charge is 0.495 e. The minimum absolute atomic E-state index is 0.0676. The third kappa shape index (κ3) is 4.48. The number of sulfone groups is 1. The monoisotopic (exact) mass is 522 g/mol. The number of nitrogens with zero attached hydrogens (tertiary/aromatic N) is 5. The molecule has 10 nitrogen and oxygen atoms in total. The van der Waals surface area contributed by atoms with Crippen LogP contribution in [0, 0.1) is 0 Å². The van der Waals surface area contributed by atoms with Crippen LogP contribution in [0.3, 0.4) is 0 Å². The first-order valence-corrected chi connectivity index (χ1v) is 13.6. The van der Waals surface area contributed by atoms with E-state index in [9.17, 15) is 13.2 Å². The highest BCUT2D eigenvalue weighted by Crippen LogP contribution is 2.38. The van der Waals surface area contributed by atoms with Crippen LogP contribution in [0.5, 0.6) is 5.75 Å². The fourth-order valence-electron chi connectivity index (χ4n) is 4.13. The normalized spacial score (nSPS) is 15.1. The predicted molar refractivity (Wildman–Crippen MR) is 138 cm³/mol. The van der Waals surface area contributed by atoms with E-state index >= 15 is 0 Å². The van der Waals surface area contributed by atoms with Crippen molar-refractivity contribution < 1.29 is 17.9 Å². The van der Waals surface area contributed by atoms with Gasteiger partial charge in [0, 0.05) is 18.5 Å². The highest BCUT2D eigenvalue weighted by atomic mass is 32.2. The first-order valence-electron chi connectivity index (χ1n) is 12.1. The summed E-state index contributed by atoms with van der Waals surface area (Å²) in [4.78, 5) is 22.1. The third-order valence-electron chi connectivity index (χ3n) is 6.49. The fourth-order valence-corrected chi connectivity index (χ4v) is 5.44. The van der Waals surface area contributed by atoms with E-state index in [0.29, 0.717) is 22.7 Å². The van der Waals surface area contributed by atoms with Crippen molar-refractivity contribution >= 4 is 21.4 Å². The minimum Gasteiger partial charge on any atom is -0.495 e. The van der Waals surface area contributed by atoms with Crippen molar-refractivity contribution in [3.8, 4) is 17.1 Å². The number of aromatic nitrogens is 5. The average Bonchev–Trinajstić information content (AvgIpc) is 3.48. The third-order valence-corrected chi connectivity index (χ3v) is 8.99. The maximum absolute atomic E-state index is 13.3. The van der Waals surface area contributed by atoms with E-state index in [2.05, 4.69) is 15.3 Å². The summed E-state index contributed by atoms with van der Waals surface area (Å²) in [5.74, 6) is -0.0260. The molecule has 0 aromatic carbocycles. The first kappa shape index (κ1) is 24.9. The van der Waals surface area contributed by atoms with Gasteiger partial charge in [0.25, 0.3) is 5.91 Å². The summed E-state index contributed by atoms with van der Waals surface area (Å²) < 4.78 is 34.5. The zero-order chi connectivity index (χ0) is 26.5. The molecule has 1 amide bonds. The van der Waals surface area contributed by atoms with Crippen LogP contribution in [-0.4, -0.2) is 50.3 Å². The number of hydrogen-bond donors (Lipinski definition) is 1. The summed E-state index contributed by atoms with van der Waals surface area (Å²) in [5.41, 5.74) is 2.81. The van der Waals surface area contributed by atoms with Gasteiger partial charge in [0.1, 0.15) is 27.7 Å². The van der Waals surface area contributed by atoms with Crippen LogP contribution >= 0.6 is 0 Å². The molecular weight excluding hydrogens is 492 g/mol. The number of amides is 1. The topological polar surface area (TPSA) is 120 Å². The van der Waals surface area contributed by atoms with Crippen LogP contribution in [0.2, 0.25) is 0 Å². The lowest BCUT2D eigenvalue weighted by Gasteiger charge is -2.21. The molecule has 0 unspecified atom stereocenters. The zero-order valence-electron chi connectivity index (χ0n) is 21.5. The Morgan fingerprint density at radius 2 is 1.95 bits per heavy atom. The molecule has 0 aliphatic heterocycles. The van der Waals surface area contributed by atoms with Crippen LogP contribution in [0.4, 0.5) is 0 Å². The number of pyridine rings is 2. The number of nitrogens with one attached hydrogen (secondary N) is 1. The molecule has 4 aromatic heterocycles. The van der Waals surface area contributed by atoms with E-state index in [1.165, 1.54) is 13.3 Å². The summed E-state index contributed by atoms with van der Waals surface area (Å²) in [5, 5.41) is 7.76. The molecule has 4 aromatic rings. The lowest BCUT2D eigenvalue weighted by molar-refractivity contribution is 0.0928. The lowest BCUT2D eigenvalue weighted by Crippen LogP contribution is -2.29. The van der Waals surface area contributed by atoms with Gasteiger partial charge in [-0.1, -0.05) is 6.07 Å². The van der Waals surface area contributed by atoms with Crippen LogP contribution in [0.25, 0.3) is 17.0 Å². The molecule has 0 bridgehead atoms. The fraction of sp³-hybridized carbons (Fsp3) is 0.385. The van der Waals surface area contributed by atoms with E-state index in [-0.39, 0.29) is 28.6 Å². The molecule has 1 saturated carbocycles.